The highest BCUT2D eigenvalue weighted by molar-refractivity contribution is 5.96. The average molecular weight is 364 g/mol. The van der Waals surface area contributed by atoms with Crippen molar-refractivity contribution >= 4 is 11.8 Å². The molecule has 3 N–H and O–H groups in total. The Hall–Kier alpha value is -3.51. The van der Waals surface area contributed by atoms with Crippen LogP contribution >= 0.6 is 0 Å². The molecule has 2 amide bonds. The molecule has 0 aliphatic carbocycles. The smallest absolute Gasteiger partial charge is 0.274 e. The maximum Gasteiger partial charge on any atom is 0.274 e. The predicted molar refractivity (Wildman–Crippen MR) is 98.7 cm³/mol. The molecule has 3 aromatic carbocycles. The summed E-state index contributed by atoms with van der Waals surface area (Å²) < 4.78 is 12.9. The molecule has 0 heterocycles. The van der Waals surface area contributed by atoms with Crippen molar-refractivity contribution in [2.75, 3.05) is 0 Å². The number of hydrogen-bond acceptors (Lipinski definition) is 3. The van der Waals surface area contributed by atoms with Gasteiger partial charge in [-0.25, -0.2) is 9.87 Å². The lowest BCUT2D eigenvalue weighted by Gasteiger charge is -2.08. The van der Waals surface area contributed by atoms with Gasteiger partial charge < -0.3 is 5.32 Å². The van der Waals surface area contributed by atoms with Crippen LogP contribution in [0.3, 0.4) is 0 Å². The molecule has 0 aliphatic rings. The molecule has 5 nitrogen and oxygen atoms in total. The van der Waals surface area contributed by atoms with Crippen LogP contribution in [0.25, 0.3) is 11.1 Å². The maximum atomic E-state index is 12.9. The highest BCUT2D eigenvalue weighted by atomic mass is 19.1. The molecule has 0 radical (unpaired) electrons. The zero-order valence-corrected chi connectivity index (χ0v) is 14.3. The number of benzene rings is 3. The number of halogens is 1. The van der Waals surface area contributed by atoms with Crippen LogP contribution in [-0.4, -0.2) is 17.0 Å². The zero-order valence-electron chi connectivity index (χ0n) is 14.3. The molecule has 27 heavy (non-hydrogen) atoms. The summed E-state index contributed by atoms with van der Waals surface area (Å²) in [6.45, 7) is 0.300. The van der Waals surface area contributed by atoms with Gasteiger partial charge in [0.05, 0.1) is 0 Å². The summed E-state index contributed by atoms with van der Waals surface area (Å²) in [7, 11) is 0. The Kier molecular flexibility index (Phi) is 5.58. The van der Waals surface area contributed by atoms with Gasteiger partial charge in [-0.05, 0) is 53.1 Å². The van der Waals surface area contributed by atoms with Crippen molar-refractivity contribution < 1.29 is 19.2 Å². The molecule has 0 bridgehead atoms. The number of amides is 2. The van der Waals surface area contributed by atoms with E-state index in [-0.39, 0.29) is 11.7 Å². The Morgan fingerprint density at radius 3 is 2.19 bits per heavy atom. The van der Waals surface area contributed by atoms with Crippen LogP contribution in [0.5, 0.6) is 0 Å². The van der Waals surface area contributed by atoms with E-state index in [4.69, 9.17) is 5.21 Å². The topological polar surface area (TPSA) is 78.4 Å². The normalized spacial score (nSPS) is 10.3. The first kappa shape index (κ1) is 18.3. The SMILES string of the molecule is O=C(NO)c1ccc(-c2cccc(C(=O)NCc3ccc(F)cc3)c2)cc1. The van der Waals surface area contributed by atoms with Gasteiger partial charge in [-0.15, -0.1) is 0 Å². The highest BCUT2D eigenvalue weighted by Crippen LogP contribution is 2.21. The molecule has 6 heteroatoms. The van der Waals surface area contributed by atoms with Crippen LogP contribution in [0.2, 0.25) is 0 Å². The molecule has 3 rings (SSSR count). The van der Waals surface area contributed by atoms with E-state index in [9.17, 15) is 14.0 Å². The Morgan fingerprint density at radius 1 is 0.815 bits per heavy atom. The minimum absolute atomic E-state index is 0.238. The molecule has 3 aromatic rings. The van der Waals surface area contributed by atoms with Gasteiger partial charge in [-0.3, -0.25) is 14.8 Å². The second-order valence-electron chi connectivity index (χ2n) is 5.91. The minimum Gasteiger partial charge on any atom is -0.348 e. The number of carbonyl (C=O) groups excluding carboxylic acids is 2. The first-order valence-corrected chi connectivity index (χ1v) is 8.24. The molecule has 0 atom stereocenters. The first-order chi connectivity index (χ1) is 13.1. The third-order valence-corrected chi connectivity index (χ3v) is 4.07. The Labute approximate surface area is 155 Å². The monoisotopic (exact) mass is 364 g/mol. The third-order valence-electron chi connectivity index (χ3n) is 4.07. The van der Waals surface area contributed by atoms with E-state index in [0.29, 0.717) is 17.7 Å². The van der Waals surface area contributed by atoms with Gasteiger partial charge in [-0.1, -0.05) is 36.4 Å². The lowest BCUT2D eigenvalue weighted by Crippen LogP contribution is -2.22. The maximum absolute atomic E-state index is 12.9. The summed E-state index contributed by atoms with van der Waals surface area (Å²) in [5.41, 5.74) is 4.86. The molecular formula is C21H17FN2O3. The minimum atomic E-state index is -0.588. The van der Waals surface area contributed by atoms with Crippen molar-refractivity contribution in [1.82, 2.24) is 10.8 Å². The fraction of sp³-hybridized carbons (Fsp3) is 0.0476. The molecule has 0 saturated carbocycles. The van der Waals surface area contributed by atoms with Crippen molar-refractivity contribution in [1.29, 1.82) is 0 Å². The fourth-order valence-corrected chi connectivity index (χ4v) is 2.61. The van der Waals surface area contributed by atoms with Crippen molar-refractivity contribution in [2.24, 2.45) is 0 Å². The van der Waals surface area contributed by atoms with E-state index in [1.54, 1.807) is 60.1 Å². The van der Waals surface area contributed by atoms with E-state index in [1.165, 1.54) is 12.1 Å². The van der Waals surface area contributed by atoms with Gasteiger partial charge in [0.25, 0.3) is 11.8 Å². The van der Waals surface area contributed by atoms with Crippen molar-refractivity contribution in [2.45, 2.75) is 6.54 Å². The molecule has 0 unspecified atom stereocenters. The van der Waals surface area contributed by atoms with E-state index < -0.39 is 5.91 Å². The second kappa shape index (κ2) is 8.25. The van der Waals surface area contributed by atoms with E-state index in [1.807, 2.05) is 6.07 Å². The van der Waals surface area contributed by atoms with Gasteiger partial charge in [0, 0.05) is 17.7 Å². The molecule has 0 fully saturated rings. The zero-order chi connectivity index (χ0) is 19.2. The average Bonchev–Trinajstić information content (AvgIpc) is 2.72. The van der Waals surface area contributed by atoms with E-state index >= 15 is 0 Å². The molecule has 0 aromatic heterocycles. The summed E-state index contributed by atoms with van der Waals surface area (Å²) >= 11 is 0. The van der Waals surface area contributed by atoms with Gasteiger partial charge >= 0.3 is 0 Å². The highest BCUT2D eigenvalue weighted by Gasteiger charge is 2.08. The first-order valence-electron chi connectivity index (χ1n) is 8.24. The number of nitrogens with one attached hydrogen (secondary N) is 2. The molecule has 0 saturated heterocycles. The van der Waals surface area contributed by atoms with Gasteiger partial charge in [0.15, 0.2) is 0 Å². The molecule has 0 aliphatic heterocycles. The van der Waals surface area contributed by atoms with Crippen LogP contribution < -0.4 is 10.8 Å². The number of hydroxylamine groups is 1. The van der Waals surface area contributed by atoms with Gasteiger partial charge in [0.1, 0.15) is 5.82 Å². The van der Waals surface area contributed by atoms with Gasteiger partial charge in [-0.2, -0.15) is 0 Å². The van der Waals surface area contributed by atoms with Crippen LogP contribution in [0.15, 0.2) is 72.8 Å². The Morgan fingerprint density at radius 2 is 1.52 bits per heavy atom. The third kappa shape index (κ3) is 4.56. The Balaban J connectivity index is 1.71. The lowest BCUT2D eigenvalue weighted by molar-refractivity contribution is 0.0706. The van der Waals surface area contributed by atoms with Crippen LogP contribution in [0, 0.1) is 5.82 Å². The number of carbonyl (C=O) groups is 2. The number of hydrogen-bond donors (Lipinski definition) is 3. The van der Waals surface area contributed by atoms with Crippen LogP contribution in [0.1, 0.15) is 26.3 Å². The number of rotatable bonds is 5. The summed E-state index contributed by atoms with van der Waals surface area (Å²) in [5, 5.41) is 11.5. The molecular weight excluding hydrogens is 347 g/mol. The lowest BCUT2D eigenvalue weighted by atomic mass is 10.0. The van der Waals surface area contributed by atoms with Crippen molar-refractivity contribution in [3.63, 3.8) is 0 Å². The van der Waals surface area contributed by atoms with E-state index in [0.717, 1.165) is 16.7 Å². The quantitative estimate of drug-likeness (QED) is 0.479. The van der Waals surface area contributed by atoms with Crippen molar-refractivity contribution in [3.05, 3.63) is 95.3 Å². The summed E-state index contributed by atoms with van der Waals surface area (Å²) in [6.07, 6.45) is 0. The Bertz CT molecular complexity index is 954. The van der Waals surface area contributed by atoms with Crippen LogP contribution in [0.4, 0.5) is 4.39 Å². The predicted octanol–water partition coefficient (Wildman–Crippen LogP) is 3.54. The van der Waals surface area contributed by atoms with E-state index in [2.05, 4.69) is 5.32 Å². The van der Waals surface area contributed by atoms with Gasteiger partial charge in [0.2, 0.25) is 0 Å². The second-order valence-corrected chi connectivity index (χ2v) is 5.91. The summed E-state index contributed by atoms with van der Waals surface area (Å²) in [4.78, 5) is 23.8. The largest absolute Gasteiger partial charge is 0.348 e. The summed E-state index contributed by atoms with van der Waals surface area (Å²) in [5.74, 6) is -1.15. The standard InChI is InChI=1S/C21H17FN2O3/c22-19-10-4-14(5-11-19)13-23-20(25)18-3-1-2-17(12-18)15-6-8-16(9-7-15)21(26)24-27/h1-12,27H,13H2,(H,23,25)(H,24,26). The van der Waals surface area contributed by atoms with Crippen molar-refractivity contribution in [3.8, 4) is 11.1 Å². The molecule has 0 spiro atoms. The molecule has 136 valence electrons. The van der Waals surface area contributed by atoms with Crippen LogP contribution in [-0.2, 0) is 6.54 Å². The summed E-state index contributed by atoms with van der Waals surface area (Å²) in [6, 6.07) is 19.7. The fourth-order valence-electron chi connectivity index (χ4n) is 2.61.